The van der Waals surface area contributed by atoms with Crippen molar-refractivity contribution < 1.29 is 9.53 Å². The van der Waals surface area contributed by atoms with Gasteiger partial charge in [0, 0.05) is 37.9 Å². The van der Waals surface area contributed by atoms with Crippen LogP contribution in [0.25, 0.3) is 0 Å². The van der Waals surface area contributed by atoms with Gasteiger partial charge >= 0.3 is 0 Å². The lowest BCUT2D eigenvalue weighted by atomic mass is 9.97. The molecule has 0 radical (unpaired) electrons. The predicted octanol–water partition coefficient (Wildman–Crippen LogP) is 2.33. The van der Waals surface area contributed by atoms with Crippen LogP contribution in [-0.2, 0) is 4.74 Å². The van der Waals surface area contributed by atoms with Crippen molar-refractivity contribution in [3.05, 3.63) is 29.3 Å². The number of hydrogen-bond acceptors (Lipinski definition) is 4. The van der Waals surface area contributed by atoms with Crippen molar-refractivity contribution >= 4 is 24.0 Å². The SMILES string of the molecule is Cc1cc(C(=O)N2CCOCC2)ccc1N(C)CC1CCNCC1.Cl. The van der Waals surface area contributed by atoms with Gasteiger partial charge in [0.1, 0.15) is 0 Å². The Morgan fingerprint density at radius 2 is 1.96 bits per heavy atom. The topological polar surface area (TPSA) is 44.8 Å². The molecule has 1 amide bonds. The number of nitrogens with zero attached hydrogens (tertiary/aromatic N) is 2. The van der Waals surface area contributed by atoms with E-state index in [-0.39, 0.29) is 18.3 Å². The average molecular weight is 368 g/mol. The van der Waals surface area contributed by atoms with Gasteiger partial charge in [0.25, 0.3) is 5.91 Å². The van der Waals surface area contributed by atoms with E-state index >= 15 is 0 Å². The number of halogens is 1. The molecule has 0 atom stereocenters. The summed E-state index contributed by atoms with van der Waals surface area (Å²) in [5.41, 5.74) is 3.19. The first kappa shape index (κ1) is 20.0. The first-order chi connectivity index (χ1) is 11.6. The van der Waals surface area contributed by atoms with E-state index in [2.05, 4.69) is 30.3 Å². The van der Waals surface area contributed by atoms with E-state index in [1.165, 1.54) is 24.1 Å². The quantitative estimate of drug-likeness (QED) is 0.887. The monoisotopic (exact) mass is 367 g/mol. The number of anilines is 1. The third kappa shape index (κ3) is 5.09. The second-order valence-electron chi connectivity index (χ2n) is 6.98. The maximum atomic E-state index is 12.6. The van der Waals surface area contributed by atoms with Crippen LogP contribution in [0.15, 0.2) is 18.2 Å². The zero-order valence-corrected chi connectivity index (χ0v) is 16.1. The van der Waals surface area contributed by atoms with Gasteiger partial charge in [-0.2, -0.15) is 0 Å². The largest absolute Gasteiger partial charge is 0.378 e. The summed E-state index contributed by atoms with van der Waals surface area (Å²) in [5, 5.41) is 3.42. The Bertz CT molecular complexity index is 570. The molecule has 140 valence electrons. The first-order valence-electron chi connectivity index (χ1n) is 9.04. The summed E-state index contributed by atoms with van der Waals surface area (Å²) in [6.07, 6.45) is 2.49. The Labute approximate surface area is 157 Å². The van der Waals surface area contributed by atoms with Gasteiger partial charge in [-0.25, -0.2) is 0 Å². The number of piperidine rings is 1. The zero-order valence-electron chi connectivity index (χ0n) is 15.3. The van der Waals surface area contributed by atoms with Crippen molar-refractivity contribution in [3.63, 3.8) is 0 Å². The zero-order chi connectivity index (χ0) is 16.9. The highest BCUT2D eigenvalue weighted by Crippen LogP contribution is 2.24. The van der Waals surface area contributed by atoms with E-state index in [1.807, 2.05) is 17.0 Å². The molecule has 25 heavy (non-hydrogen) atoms. The molecule has 0 spiro atoms. The molecule has 2 saturated heterocycles. The highest BCUT2D eigenvalue weighted by Gasteiger charge is 2.20. The van der Waals surface area contributed by atoms with Crippen LogP contribution in [0, 0.1) is 12.8 Å². The summed E-state index contributed by atoms with van der Waals surface area (Å²) < 4.78 is 5.33. The molecule has 2 heterocycles. The minimum absolute atomic E-state index is 0. The Balaban J connectivity index is 0.00000225. The predicted molar refractivity (Wildman–Crippen MR) is 104 cm³/mol. The molecular weight excluding hydrogens is 338 g/mol. The van der Waals surface area contributed by atoms with Crippen LogP contribution in [0.3, 0.4) is 0 Å². The highest BCUT2D eigenvalue weighted by molar-refractivity contribution is 5.95. The number of carbonyl (C=O) groups is 1. The van der Waals surface area contributed by atoms with E-state index in [0.717, 1.165) is 31.1 Å². The number of ether oxygens (including phenoxy) is 1. The van der Waals surface area contributed by atoms with Gasteiger partial charge in [-0.1, -0.05) is 0 Å². The van der Waals surface area contributed by atoms with Crippen molar-refractivity contribution in [1.29, 1.82) is 0 Å². The number of amides is 1. The maximum Gasteiger partial charge on any atom is 0.254 e. The number of benzene rings is 1. The molecule has 1 N–H and O–H groups in total. The van der Waals surface area contributed by atoms with Gasteiger partial charge in [0.2, 0.25) is 0 Å². The molecule has 2 aliphatic heterocycles. The summed E-state index contributed by atoms with van der Waals surface area (Å²) in [7, 11) is 2.16. The molecule has 0 saturated carbocycles. The average Bonchev–Trinajstić information content (AvgIpc) is 2.62. The van der Waals surface area contributed by atoms with E-state index in [9.17, 15) is 4.79 Å². The second-order valence-corrected chi connectivity index (χ2v) is 6.98. The number of aryl methyl sites for hydroxylation is 1. The fraction of sp³-hybridized carbons (Fsp3) is 0.632. The van der Waals surface area contributed by atoms with Crippen LogP contribution in [0.5, 0.6) is 0 Å². The van der Waals surface area contributed by atoms with Crippen LogP contribution in [-0.4, -0.2) is 63.8 Å². The number of nitrogens with one attached hydrogen (secondary N) is 1. The maximum absolute atomic E-state index is 12.6. The molecule has 1 aromatic carbocycles. The standard InChI is InChI=1S/C19H29N3O2.ClH/c1-15-13-17(19(23)22-9-11-24-12-10-22)3-4-18(15)21(2)14-16-5-7-20-8-6-16;/h3-4,13,16,20H,5-12,14H2,1-2H3;1H. The van der Waals surface area contributed by atoms with E-state index in [4.69, 9.17) is 4.74 Å². The van der Waals surface area contributed by atoms with E-state index < -0.39 is 0 Å². The van der Waals surface area contributed by atoms with Crippen LogP contribution in [0.2, 0.25) is 0 Å². The van der Waals surface area contributed by atoms with E-state index in [0.29, 0.717) is 26.3 Å². The second kappa shape index (κ2) is 9.41. The van der Waals surface area contributed by atoms with Crippen LogP contribution in [0.1, 0.15) is 28.8 Å². The lowest BCUT2D eigenvalue weighted by molar-refractivity contribution is 0.0303. The van der Waals surface area contributed by atoms with Gasteiger partial charge < -0.3 is 19.9 Å². The molecule has 0 aromatic heterocycles. The normalized spacial score (nSPS) is 18.6. The highest BCUT2D eigenvalue weighted by atomic mass is 35.5. The third-order valence-electron chi connectivity index (χ3n) is 5.14. The summed E-state index contributed by atoms with van der Waals surface area (Å²) >= 11 is 0. The minimum Gasteiger partial charge on any atom is -0.378 e. The molecule has 6 heteroatoms. The Morgan fingerprint density at radius 1 is 1.28 bits per heavy atom. The van der Waals surface area contributed by atoms with Crippen molar-refractivity contribution in [1.82, 2.24) is 10.2 Å². The Kier molecular flexibility index (Phi) is 7.54. The van der Waals surface area contributed by atoms with Crippen LogP contribution >= 0.6 is 12.4 Å². The summed E-state index contributed by atoms with van der Waals surface area (Å²) in [5.74, 6) is 0.874. The van der Waals surface area contributed by atoms with Gasteiger partial charge in [0.15, 0.2) is 0 Å². The van der Waals surface area contributed by atoms with Gasteiger partial charge in [-0.05, 0) is 62.5 Å². The van der Waals surface area contributed by atoms with Gasteiger partial charge in [0.05, 0.1) is 13.2 Å². The molecule has 3 rings (SSSR count). The lowest BCUT2D eigenvalue weighted by Gasteiger charge is -2.30. The Hall–Kier alpha value is -1.30. The minimum atomic E-state index is 0. The van der Waals surface area contributed by atoms with Gasteiger partial charge in [-0.15, -0.1) is 12.4 Å². The number of hydrogen-bond donors (Lipinski definition) is 1. The van der Waals surface area contributed by atoms with Crippen molar-refractivity contribution in [2.75, 3.05) is 57.9 Å². The van der Waals surface area contributed by atoms with Crippen molar-refractivity contribution in [3.8, 4) is 0 Å². The first-order valence-corrected chi connectivity index (χ1v) is 9.04. The molecule has 1 aromatic rings. The molecular formula is C19H30ClN3O2. The molecule has 0 bridgehead atoms. The molecule has 2 fully saturated rings. The lowest BCUT2D eigenvalue weighted by Crippen LogP contribution is -2.40. The molecule has 0 unspecified atom stereocenters. The number of morpholine rings is 1. The van der Waals surface area contributed by atoms with E-state index in [1.54, 1.807) is 0 Å². The smallest absolute Gasteiger partial charge is 0.254 e. The fourth-order valence-electron chi connectivity index (χ4n) is 3.72. The molecule has 5 nitrogen and oxygen atoms in total. The molecule has 2 aliphatic rings. The summed E-state index contributed by atoms with van der Waals surface area (Å²) in [6, 6.07) is 6.11. The fourth-order valence-corrected chi connectivity index (χ4v) is 3.72. The number of carbonyl (C=O) groups excluding carboxylic acids is 1. The van der Waals surface area contributed by atoms with Gasteiger partial charge in [-0.3, -0.25) is 4.79 Å². The third-order valence-corrected chi connectivity index (χ3v) is 5.14. The summed E-state index contributed by atoms with van der Waals surface area (Å²) in [4.78, 5) is 16.8. The van der Waals surface area contributed by atoms with Crippen LogP contribution in [0.4, 0.5) is 5.69 Å². The Morgan fingerprint density at radius 3 is 2.60 bits per heavy atom. The van der Waals surface area contributed by atoms with Crippen LogP contribution < -0.4 is 10.2 Å². The summed E-state index contributed by atoms with van der Waals surface area (Å²) in [6.45, 7) is 8.10. The molecule has 0 aliphatic carbocycles. The number of rotatable bonds is 4. The van der Waals surface area contributed by atoms with Crippen molar-refractivity contribution in [2.24, 2.45) is 5.92 Å². The van der Waals surface area contributed by atoms with Crippen molar-refractivity contribution in [2.45, 2.75) is 19.8 Å².